The highest BCUT2D eigenvalue weighted by atomic mass is 35.5. The molecule has 0 bridgehead atoms. The van der Waals surface area contributed by atoms with Crippen molar-refractivity contribution in [1.29, 1.82) is 0 Å². The minimum absolute atomic E-state index is 0. The summed E-state index contributed by atoms with van der Waals surface area (Å²) in [5.41, 5.74) is 0.532. The number of hydrogen-bond donors (Lipinski definition) is 4. The van der Waals surface area contributed by atoms with E-state index in [-0.39, 0.29) is 65.9 Å². The predicted molar refractivity (Wildman–Crippen MR) is 99.8 cm³/mol. The van der Waals surface area contributed by atoms with Crippen molar-refractivity contribution in [3.8, 4) is 11.5 Å². The number of phenolic OH excluding ortho intramolecular Hbond substituents is 2. The van der Waals surface area contributed by atoms with E-state index in [9.17, 15) is 19.8 Å². The number of fused-ring (bicyclic) bond motifs is 2. The van der Waals surface area contributed by atoms with Gasteiger partial charge in [0.25, 0.3) is 0 Å². The van der Waals surface area contributed by atoms with Gasteiger partial charge in [-0.1, -0.05) is 12.1 Å². The van der Waals surface area contributed by atoms with E-state index in [4.69, 9.17) is 10.2 Å². The molecule has 0 fully saturated rings. The van der Waals surface area contributed by atoms with E-state index in [2.05, 4.69) is 0 Å². The average Bonchev–Trinajstić information content (AvgIpc) is 2.59. The molecule has 0 heterocycles. The second-order valence-corrected chi connectivity index (χ2v) is 6.12. The molecule has 0 amide bonds. The molecule has 0 radical (unpaired) electrons. The maximum absolute atomic E-state index is 12.8. The first-order valence-electron chi connectivity index (χ1n) is 8.19. The van der Waals surface area contributed by atoms with Crippen molar-refractivity contribution >= 4 is 24.0 Å². The fourth-order valence-corrected chi connectivity index (χ4v) is 3.24. The van der Waals surface area contributed by atoms with E-state index in [0.29, 0.717) is 18.7 Å². The third-order valence-electron chi connectivity index (χ3n) is 4.40. The molecule has 27 heavy (non-hydrogen) atoms. The normalized spacial score (nSPS) is 12.6. The van der Waals surface area contributed by atoms with Gasteiger partial charge in [-0.25, -0.2) is 0 Å². The van der Waals surface area contributed by atoms with Crippen LogP contribution in [0.15, 0.2) is 30.3 Å². The summed E-state index contributed by atoms with van der Waals surface area (Å²) >= 11 is 0. The van der Waals surface area contributed by atoms with Crippen LogP contribution in [-0.2, 0) is 6.54 Å². The summed E-state index contributed by atoms with van der Waals surface area (Å²) < 4.78 is 0. The van der Waals surface area contributed by atoms with Crippen LogP contribution in [0.2, 0.25) is 0 Å². The molecule has 0 saturated heterocycles. The largest absolute Gasteiger partial charge is 0.507 e. The Kier molecular flexibility index (Phi) is 6.56. The Morgan fingerprint density at radius 1 is 0.815 bits per heavy atom. The lowest BCUT2D eigenvalue weighted by Crippen LogP contribution is -2.29. The van der Waals surface area contributed by atoms with Crippen molar-refractivity contribution in [2.45, 2.75) is 6.54 Å². The van der Waals surface area contributed by atoms with Crippen LogP contribution in [0.5, 0.6) is 11.5 Å². The Morgan fingerprint density at radius 3 is 2.07 bits per heavy atom. The quantitative estimate of drug-likeness (QED) is 0.495. The molecule has 3 rings (SSSR count). The molecule has 1 aliphatic carbocycles. The Morgan fingerprint density at radius 2 is 1.44 bits per heavy atom. The molecular weight excluding hydrogens is 374 g/mol. The van der Waals surface area contributed by atoms with Gasteiger partial charge in [0, 0.05) is 30.8 Å². The number of nitrogens with zero attached hydrogens (tertiary/aromatic N) is 1. The number of aliphatic hydroxyl groups is 2. The molecule has 0 saturated carbocycles. The van der Waals surface area contributed by atoms with Crippen molar-refractivity contribution in [2.24, 2.45) is 0 Å². The van der Waals surface area contributed by atoms with Gasteiger partial charge in [-0.05, 0) is 23.8 Å². The molecule has 144 valence electrons. The molecule has 2 aromatic carbocycles. The molecule has 8 heteroatoms. The van der Waals surface area contributed by atoms with Crippen LogP contribution < -0.4 is 0 Å². The summed E-state index contributed by atoms with van der Waals surface area (Å²) in [6, 6.07) is 7.19. The monoisotopic (exact) mass is 393 g/mol. The number of carbonyl (C=O) groups is 2. The molecule has 0 spiro atoms. The summed E-state index contributed by atoms with van der Waals surface area (Å²) in [5.74, 6) is -1.68. The standard InChI is InChI=1S/C19H19NO6.ClH/c21-6-4-20(5-7-22)10-11-8-13-17(15(24)9-11)19(26)16-12(18(13)25)2-1-3-14(16)23;/h1-3,8-9,21-24H,4-7,10H2;1H. The predicted octanol–water partition coefficient (Wildman–Crippen LogP) is 1.08. The molecule has 7 nitrogen and oxygen atoms in total. The van der Waals surface area contributed by atoms with E-state index >= 15 is 0 Å². The molecule has 0 aliphatic heterocycles. The van der Waals surface area contributed by atoms with Gasteiger partial charge in [0.2, 0.25) is 5.78 Å². The first-order chi connectivity index (χ1) is 12.5. The third kappa shape index (κ3) is 3.81. The molecular formula is C19H20ClNO6. The van der Waals surface area contributed by atoms with Crippen molar-refractivity contribution in [1.82, 2.24) is 4.90 Å². The second-order valence-electron chi connectivity index (χ2n) is 6.12. The average molecular weight is 394 g/mol. The lowest BCUT2D eigenvalue weighted by molar-refractivity contribution is 0.0974. The van der Waals surface area contributed by atoms with Gasteiger partial charge in [-0.3, -0.25) is 14.5 Å². The van der Waals surface area contributed by atoms with E-state index in [0.717, 1.165) is 0 Å². The van der Waals surface area contributed by atoms with E-state index < -0.39 is 11.6 Å². The highest BCUT2D eigenvalue weighted by Gasteiger charge is 2.34. The number of ketones is 2. The third-order valence-corrected chi connectivity index (χ3v) is 4.40. The second kappa shape index (κ2) is 8.49. The molecule has 0 unspecified atom stereocenters. The minimum Gasteiger partial charge on any atom is -0.507 e. The van der Waals surface area contributed by atoms with Gasteiger partial charge >= 0.3 is 0 Å². The molecule has 1 aliphatic rings. The van der Waals surface area contributed by atoms with Gasteiger partial charge in [0.1, 0.15) is 11.5 Å². The van der Waals surface area contributed by atoms with Crippen LogP contribution in [0.3, 0.4) is 0 Å². The molecule has 2 aromatic rings. The van der Waals surface area contributed by atoms with Gasteiger partial charge < -0.3 is 20.4 Å². The summed E-state index contributed by atoms with van der Waals surface area (Å²) in [5, 5.41) is 38.5. The summed E-state index contributed by atoms with van der Waals surface area (Å²) in [6.07, 6.45) is 0. The number of halogens is 1. The molecule has 0 aromatic heterocycles. The Balaban J connectivity index is 0.00000261. The fraction of sp³-hybridized carbons (Fsp3) is 0.263. The Bertz CT molecular complexity index is 877. The lowest BCUT2D eigenvalue weighted by atomic mass is 9.82. The zero-order valence-corrected chi connectivity index (χ0v) is 15.2. The zero-order chi connectivity index (χ0) is 18.8. The van der Waals surface area contributed by atoms with Gasteiger partial charge in [-0.2, -0.15) is 0 Å². The minimum atomic E-state index is -0.598. The smallest absolute Gasteiger partial charge is 0.201 e. The van der Waals surface area contributed by atoms with Crippen molar-refractivity contribution in [3.63, 3.8) is 0 Å². The van der Waals surface area contributed by atoms with Crippen LogP contribution in [0.25, 0.3) is 0 Å². The summed E-state index contributed by atoms with van der Waals surface area (Å²) in [6.45, 7) is 0.738. The van der Waals surface area contributed by atoms with Crippen LogP contribution in [-0.4, -0.2) is 63.2 Å². The van der Waals surface area contributed by atoms with E-state index in [1.165, 1.54) is 30.3 Å². The van der Waals surface area contributed by atoms with Crippen LogP contribution >= 0.6 is 12.4 Å². The number of hydrogen-bond acceptors (Lipinski definition) is 7. The number of aromatic hydroxyl groups is 2. The fourth-order valence-electron chi connectivity index (χ4n) is 3.24. The van der Waals surface area contributed by atoms with Crippen molar-refractivity contribution in [3.05, 3.63) is 58.1 Å². The summed E-state index contributed by atoms with van der Waals surface area (Å²) in [7, 11) is 0. The number of rotatable bonds is 6. The maximum Gasteiger partial charge on any atom is 0.201 e. The first-order valence-corrected chi connectivity index (χ1v) is 8.19. The maximum atomic E-state index is 12.8. The Labute approximate surface area is 161 Å². The van der Waals surface area contributed by atoms with Crippen molar-refractivity contribution in [2.75, 3.05) is 26.3 Å². The van der Waals surface area contributed by atoms with E-state index in [1.54, 1.807) is 4.90 Å². The highest BCUT2D eigenvalue weighted by molar-refractivity contribution is 6.30. The number of carbonyl (C=O) groups excluding carboxylic acids is 2. The van der Waals surface area contributed by atoms with Crippen LogP contribution in [0.4, 0.5) is 0 Å². The number of aliphatic hydroxyl groups excluding tert-OH is 2. The molecule has 0 atom stereocenters. The first kappa shape index (κ1) is 20.9. The lowest BCUT2D eigenvalue weighted by Gasteiger charge is -2.23. The van der Waals surface area contributed by atoms with Crippen LogP contribution in [0, 0.1) is 0 Å². The Hall–Kier alpha value is -2.45. The van der Waals surface area contributed by atoms with Gasteiger partial charge in [0.05, 0.1) is 24.3 Å². The summed E-state index contributed by atoms with van der Waals surface area (Å²) in [4.78, 5) is 27.2. The number of benzene rings is 2. The van der Waals surface area contributed by atoms with E-state index in [1.807, 2.05) is 0 Å². The van der Waals surface area contributed by atoms with Crippen LogP contribution in [0.1, 0.15) is 37.4 Å². The topological polar surface area (TPSA) is 118 Å². The van der Waals surface area contributed by atoms with Gasteiger partial charge in [-0.15, -0.1) is 12.4 Å². The number of phenols is 2. The van der Waals surface area contributed by atoms with Crippen molar-refractivity contribution < 1.29 is 30.0 Å². The van der Waals surface area contributed by atoms with Gasteiger partial charge in [0.15, 0.2) is 5.78 Å². The SMILES string of the molecule is Cl.O=C1c2cccc(O)c2C(=O)c2c(O)cc(CN(CCO)CCO)cc21. The zero-order valence-electron chi connectivity index (χ0n) is 14.4. The highest BCUT2D eigenvalue weighted by Crippen LogP contribution is 2.37. The molecule has 4 N–H and O–H groups in total.